The summed E-state index contributed by atoms with van der Waals surface area (Å²) >= 11 is 0. The van der Waals surface area contributed by atoms with Crippen LogP contribution < -0.4 is 10.6 Å². The van der Waals surface area contributed by atoms with Crippen molar-refractivity contribution in [1.82, 2.24) is 10.6 Å². The van der Waals surface area contributed by atoms with Gasteiger partial charge in [-0.2, -0.15) is 0 Å². The third-order valence-corrected chi connectivity index (χ3v) is 5.62. The minimum atomic E-state index is -0.372. The first-order valence-electron chi connectivity index (χ1n) is 9.93. The Hall–Kier alpha value is -2.91. The Balaban J connectivity index is 1.46. The van der Waals surface area contributed by atoms with Gasteiger partial charge in [0.05, 0.1) is 5.41 Å². The molecule has 0 spiro atoms. The van der Waals surface area contributed by atoms with E-state index in [9.17, 15) is 4.79 Å². The zero-order chi connectivity index (χ0) is 19.2. The quantitative estimate of drug-likeness (QED) is 0.683. The van der Waals surface area contributed by atoms with Gasteiger partial charge >= 0.3 is 0 Å². The SMILES string of the molecule is O=C(NCc1ccccc1)[C@]1(Cc2ccc(-c3ccccc3)cc2)CCNC1. The monoisotopic (exact) mass is 370 g/mol. The molecule has 0 unspecified atom stereocenters. The Kier molecular flexibility index (Phi) is 5.54. The standard InChI is InChI=1S/C25H26N2O/c28-24(27-18-21-7-3-1-4-8-21)25(15-16-26-19-25)17-20-11-13-23(14-12-20)22-9-5-2-6-10-22/h1-14,26H,15-19H2,(H,27,28)/t25-/m0/s1. The van der Waals surface area contributed by atoms with Crippen molar-refractivity contribution in [1.29, 1.82) is 0 Å². The molecule has 3 heteroatoms. The number of nitrogens with one attached hydrogen (secondary N) is 2. The highest BCUT2D eigenvalue weighted by atomic mass is 16.2. The van der Waals surface area contributed by atoms with Crippen molar-refractivity contribution in [2.45, 2.75) is 19.4 Å². The molecule has 2 N–H and O–H groups in total. The fraction of sp³-hybridized carbons (Fsp3) is 0.240. The second-order valence-corrected chi connectivity index (χ2v) is 7.62. The Morgan fingerprint density at radius 2 is 1.46 bits per heavy atom. The second kappa shape index (κ2) is 8.41. The third kappa shape index (κ3) is 4.15. The Labute approximate surface area is 166 Å². The van der Waals surface area contributed by atoms with E-state index in [1.165, 1.54) is 16.7 Å². The molecule has 0 bridgehead atoms. The van der Waals surface area contributed by atoms with Gasteiger partial charge in [0.15, 0.2) is 0 Å². The van der Waals surface area contributed by atoms with Crippen LogP contribution in [-0.2, 0) is 17.8 Å². The summed E-state index contributed by atoms with van der Waals surface area (Å²) in [6.45, 7) is 2.20. The maximum atomic E-state index is 13.1. The maximum Gasteiger partial charge on any atom is 0.228 e. The fourth-order valence-electron chi connectivity index (χ4n) is 3.97. The minimum Gasteiger partial charge on any atom is -0.351 e. The van der Waals surface area contributed by atoms with E-state index < -0.39 is 0 Å². The van der Waals surface area contributed by atoms with Crippen LogP contribution in [0.5, 0.6) is 0 Å². The summed E-state index contributed by atoms with van der Waals surface area (Å²) in [6, 6.07) is 29.1. The lowest BCUT2D eigenvalue weighted by Gasteiger charge is -2.27. The van der Waals surface area contributed by atoms with Crippen molar-refractivity contribution in [2.24, 2.45) is 5.41 Å². The van der Waals surface area contributed by atoms with Gasteiger partial charge < -0.3 is 10.6 Å². The predicted molar refractivity (Wildman–Crippen MR) is 114 cm³/mol. The van der Waals surface area contributed by atoms with Crippen LogP contribution in [0.15, 0.2) is 84.9 Å². The average Bonchev–Trinajstić information content (AvgIpc) is 3.24. The summed E-state index contributed by atoms with van der Waals surface area (Å²) in [5.74, 6) is 0.147. The zero-order valence-electron chi connectivity index (χ0n) is 16.0. The van der Waals surface area contributed by atoms with Crippen LogP contribution in [-0.4, -0.2) is 19.0 Å². The van der Waals surface area contributed by atoms with Crippen molar-refractivity contribution in [3.63, 3.8) is 0 Å². The van der Waals surface area contributed by atoms with E-state index >= 15 is 0 Å². The molecule has 1 saturated heterocycles. The van der Waals surface area contributed by atoms with Gasteiger partial charge in [0.25, 0.3) is 0 Å². The molecule has 142 valence electrons. The van der Waals surface area contributed by atoms with Crippen LogP contribution in [0.3, 0.4) is 0 Å². The zero-order valence-corrected chi connectivity index (χ0v) is 16.0. The van der Waals surface area contributed by atoms with E-state index in [2.05, 4.69) is 59.2 Å². The summed E-state index contributed by atoms with van der Waals surface area (Å²) < 4.78 is 0. The molecule has 0 radical (unpaired) electrons. The van der Waals surface area contributed by atoms with Crippen LogP contribution in [0.2, 0.25) is 0 Å². The Morgan fingerprint density at radius 1 is 0.821 bits per heavy atom. The first-order chi connectivity index (χ1) is 13.8. The van der Waals surface area contributed by atoms with Gasteiger partial charge in [0.2, 0.25) is 5.91 Å². The number of rotatable bonds is 6. The molecular formula is C25H26N2O. The fourth-order valence-corrected chi connectivity index (χ4v) is 3.97. The van der Waals surface area contributed by atoms with E-state index in [4.69, 9.17) is 0 Å². The van der Waals surface area contributed by atoms with Gasteiger partial charge in [0.1, 0.15) is 0 Å². The second-order valence-electron chi connectivity index (χ2n) is 7.62. The summed E-state index contributed by atoms with van der Waals surface area (Å²) in [7, 11) is 0. The van der Waals surface area contributed by atoms with Gasteiger partial charge in [-0.3, -0.25) is 4.79 Å². The van der Waals surface area contributed by atoms with Crippen LogP contribution in [0.25, 0.3) is 11.1 Å². The van der Waals surface area contributed by atoms with Gasteiger partial charge in [-0.1, -0.05) is 84.9 Å². The van der Waals surface area contributed by atoms with Crippen molar-refractivity contribution in [3.8, 4) is 11.1 Å². The number of benzene rings is 3. The molecule has 1 amide bonds. The highest BCUT2D eigenvalue weighted by Gasteiger charge is 2.41. The molecule has 0 saturated carbocycles. The van der Waals surface area contributed by atoms with Gasteiger partial charge in [-0.15, -0.1) is 0 Å². The van der Waals surface area contributed by atoms with Crippen LogP contribution >= 0.6 is 0 Å². The van der Waals surface area contributed by atoms with Gasteiger partial charge in [0, 0.05) is 13.1 Å². The summed E-state index contributed by atoms with van der Waals surface area (Å²) in [5.41, 5.74) is 4.38. The van der Waals surface area contributed by atoms with Crippen LogP contribution in [0, 0.1) is 5.41 Å². The number of hydrogen-bond donors (Lipinski definition) is 2. The van der Waals surface area contributed by atoms with Crippen molar-refractivity contribution >= 4 is 5.91 Å². The number of hydrogen-bond acceptors (Lipinski definition) is 2. The van der Waals surface area contributed by atoms with E-state index in [0.29, 0.717) is 6.54 Å². The minimum absolute atomic E-state index is 0.147. The predicted octanol–water partition coefficient (Wildman–Crippen LogP) is 4.19. The largest absolute Gasteiger partial charge is 0.351 e. The number of amides is 1. The molecule has 3 nitrogen and oxygen atoms in total. The molecule has 4 rings (SSSR count). The first kappa shape index (κ1) is 18.5. The molecule has 1 heterocycles. The highest BCUT2D eigenvalue weighted by molar-refractivity contribution is 5.83. The molecule has 0 aliphatic carbocycles. The van der Waals surface area contributed by atoms with Crippen molar-refractivity contribution < 1.29 is 4.79 Å². The lowest BCUT2D eigenvalue weighted by atomic mass is 9.79. The lowest BCUT2D eigenvalue weighted by Crippen LogP contribution is -2.43. The topological polar surface area (TPSA) is 41.1 Å². The third-order valence-electron chi connectivity index (χ3n) is 5.62. The number of carbonyl (C=O) groups is 1. The highest BCUT2D eigenvalue weighted by Crippen LogP contribution is 2.31. The van der Waals surface area contributed by atoms with Crippen LogP contribution in [0.4, 0.5) is 0 Å². The summed E-state index contributed by atoms with van der Waals surface area (Å²) in [4.78, 5) is 13.1. The summed E-state index contributed by atoms with van der Waals surface area (Å²) in [5, 5.41) is 6.55. The molecule has 28 heavy (non-hydrogen) atoms. The molecule has 3 aromatic carbocycles. The maximum absolute atomic E-state index is 13.1. The van der Waals surface area contributed by atoms with E-state index in [0.717, 1.165) is 31.5 Å². The molecule has 1 aliphatic heterocycles. The molecule has 1 atom stereocenters. The Morgan fingerprint density at radius 3 is 2.11 bits per heavy atom. The molecule has 1 fully saturated rings. The van der Waals surface area contributed by atoms with Crippen molar-refractivity contribution in [2.75, 3.05) is 13.1 Å². The van der Waals surface area contributed by atoms with E-state index in [-0.39, 0.29) is 11.3 Å². The first-order valence-corrected chi connectivity index (χ1v) is 9.93. The van der Waals surface area contributed by atoms with E-state index in [1.807, 2.05) is 36.4 Å². The van der Waals surface area contributed by atoms with Gasteiger partial charge in [-0.05, 0) is 41.6 Å². The van der Waals surface area contributed by atoms with E-state index in [1.54, 1.807) is 0 Å². The smallest absolute Gasteiger partial charge is 0.228 e. The van der Waals surface area contributed by atoms with Gasteiger partial charge in [-0.25, -0.2) is 0 Å². The number of carbonyl (C=O) groups excluding carboxylic acids is 1. The molecule has 0 aromatic heterocycles. The Bertz CT molecular complexity index is 898. The van der Waals surface area contributed by atoms with Crippen molar-refractivity contribution in [3.05, 3.63) is 96.1 Å². The molecular weight excluding hydrogens is 344 g/mol. The normalized spacial score (nSPS) is 18.7. The lowest BCUT2D eigenvalue weighted by molar-refractivity contribution is -0.130. The molecule has 1 aliphatic rings. The average molecular weight is 370 g/mol. The molecule has 3 aromatic rings. The van der Waals surface area contributed by atoms with Crippen LogP contribution in [0.1, 0.15) is 17.5 Å². The summed E-state index contributed by atoms with van der Waals surface area (Å²) in [6.07, 6.45) is 1.63.